The van der Waals surface area contributed by atoms with Crippen molar-refractivity contribution in [1.82, 2.24) is 0 Å². The van der Waals surface area contributed by atoms with Gasteiger partial charge in [0.25, 0.3) is 0 Å². The predicted molar refractivity (Wildman–Crippen MR) is 151 cm³/mol. The molecule has 1 atom stereocenters. The maximum Gasteiger partial charge on any atom is 0.0374 e. The topological polar surface area (TPSA) is 0 Å². The summed E-state index contributed by atoms with van der Waals surface area (Å²) < 4.78 is 2.17. The van der Waals surface area contributed by atoms with Crippen LogP contribution < -0.4 is 0 Å². The molecule has 0 spiro atoms. The summed E-state index contributed by atoms with van der Waals surface area (Å²) in [5.74, 6) is 0. The molecule has 0 aromatic heterocycles. The third-order valence-electron chi connectivity index (χ3n) is 6.29. The van der Waals surface area contributed by atoms with Crippen LogP contribution in [-0.4, -0.2) is 5.38 Å². The zero-order valence-electron chi connectivity index (χ0n) is 18.3. The Morgan fingerprint density at radius 2 is 1.15 bits per heavy atom. The Morgan fingerprint density at radius 3 is 1.73 bits per heavy atom. The van der Waals surface area contributed by atoms with Gasteiger partial charge >= 0.3 is 0 Å². The van der Waals surface area contributed by atoms with Crippen LogP contribution in [0.25, 0.3) is 43.8 Å². The highest BCUT2D eigenvalue weighted by atomic mass is 79.9. The number of benzene rings is 5. The van der Waals surface area contributed by atoms with Crippen molar-refractivity contribution in [1.29, 1.82) is 0 Å². The van der Waals surface area contributed by atoms with Crippen LogP contribution in [0.15, 0.2) is 99.9 Å². The fraction of sp³-hybridized carbons (Fsp3) is 0.133. The second-order valence-electron chi connectivity index (χ2n) is 8.36. The largest absolute Gasteiger partial charge is 0.123 e. The van der Waals surface area contributed by atoms with Crippen molar-refractivity contribution in [2.75, 3.05) is 0 Å². The van der Waals surface area contributed by atoms with Gasteiger partial charge in [0.2, 0.25) is 0 Å². The monoisotopic (exact) mass is 576 g/mol. The molecule has 0 bridgehead atoms. The highest BCUT2D eigenvalue weighted by molar-refractivity contribution is 9.10. The van der Waals surface area contributed by atoms with Crippen molar-refractivity contribution < 1.29 is 0 Å². The summed E-state index contributed by atoms with van der Waals surface area (Å²) in [7, 11) is 0. The second-order valence-corrected chi connectivity index (χ2v) is 10.8. The van der Waals surface area contributed by atoms with Gasteiger partial charge in [-0.15, -0.1) is 11.6 Å². The molecule has 164 valence electrons. The van der Waals surface area contributed by atoms with Crippen molar-refractivity contribution in [3.63, 3.8) is 0 Å². The van der Waals surface area contributed by atoms with E-state index in [-0.39, 0.29) is 5.38 Å². The highest BCUT2D eigenvalue weighted by Gasteiger charge is 2.19. The van der Waals surface area contributed by atoms with Gasteiger partial charge in [-0.2, -0.15) is 0 Å². The maximum absolute atomic E-state index is 6.70. The first kappa shape index (κ1) is 22.7. The summed E-state index contributed by atoms with van der Waals surface area (Å²) in [6, 6.07) is 32.8. The molecule has 0 nitrogen and oxygen atoms in total. The smallest absolute Gasteiger partial charge is 0.0374 e. The Kier molecular flexibility index (Phi) is 6.60. The molecule has 0 amide bonds. The van der Waals surface area contributed by atoms with E-state index in [9.17, 15) is 0 Å². The van der Waals surface area contributed by atoms with Gasteiger partial charge in [0.1, 0.15) is 0 Å². The first-order chi connectivity index (χ1) is 16.1. The molecule has 0 N–H and O–H groups in total. The van der Waals surface area contributed by atoms with Gasteiger partial charge < -0.3 is 0 Å². The van der Waals surface area contributed by atoms with E-state index < -0.39 is 0 Å². The standard InChI is InChI=1S/C30H23Br2Cl/c1-2-24(33)18-21-6-5-9-27-28(19-10-14-22(31)15-11-19)25-7-3-4-8-26(25)29(30(21)27)20-12-16-23(32)17-13-20/h3-17,24H,2,18H2,1H3. The molecule has 5 aromatic carbocycles. The van der Waals surface area contributed by atoms with Crippen LogP contribution in [0.5, 0.6) is 0 Å². The summed E-state index contributed by atoms with van der Waals surface area (Å²) in [5.41, 5.74) is 6.30. The molecule has 0 saturated carbocycles. The molecule has 0 aliphatic heterocycles. The van der Waals surface area contributed by atoms with Gasteiger partial charge in [0.05, 0.1) is 0 Å². The number of hydrogen-bond donors (Lipinski definition) is 0. The van der Waals surface area contributed by atoms with Crippen LogP contribution in [-0.2, 0) is 6.42 Å². The summed E-state index contributed by atoms with van der Waals surface area (Å²) in [5, 5.41) is 5.21. The summed E-state index contributed by atoms with van der Waals surface area (Å²) in [6.07, 6.45) is 1.79. The molecule has 0 radical (unpaired) electrons. The number of halogens is 3. The number of hydrogen-bond acceptors (Lipinski definition) is 0. The SMILES string of the molecule is CCC(Cl)Cc1cccc2c(-c3ccc(Br)cc3)c3ccccc3c(-c3ccc(Br)cc3)c12. The fourth-order valence-corrected chi connectivity index (χ4v) is 5.39. The zero-order valence-corrected chi connectivity index (χ0v) is 22.2. The summed E-state index contributed by atoms with van der Waals surface area (Å²) in [4.78, 5) is 0. The van der Waals surface area contributed by atoms with Crippen LogP contribution in [0.1, 0.15) is 18.9 Å². The third kappa shape index (κ3) is 4.37. The normalized spacial score (nSPS) is 12.4. The van der Waals surface area contributed by atoms with Crippen LogP contribution in [0, 0.1) is 0 Å². The van der Waals surface area contributed by atoms with Crippen molar-refractivity contribution >= 4 is 65.0 Å². The zero-order chi connectivity index (χ0) is 22.9. The van der Waals surface area contributed by atoms with Gasteiger partial charge in [-0.05, 0) is 86.5 Å². The molecular formula is C30H23Br2Cl. The lowest BCUT2D eigenvalue weighted by Crippen LogP contribution is -2.03. The van der Waals surface area contributed by atoms with Gasteiger partial charge in [-0.1, -0.05) is 106 Å². The minimum atomic E-state index is 0.107. The first-order valence-electron chi connectivity index (χ1n) is 11.2. The highest BCUT2D eigenvalue weighted by Crippen LogP contribution is 2.45. The Labute approximate surface area is 216 Å². The molecule has 0 fully saturated rings. The van der Waals surface area contributed by atoms with Gasteiger partial charge in [-0.3, -0.25) is 0 Å². The van der Waals surface area contributed by atoms with Gasteiger partial charge in [0, 0.05) is 14.3 Å². The van der Waals surface area contributed by atoms with Crippen LogP contribution in [0.4, 0.5) is 0 Å². The molecule has 0 saturated heterocycles. The van der Waals surface area contributed by atoms with Gasteiger partial charge in [0.15, 0.2) is 0 Å². The van der Waals surface area contributed by atoms with E-state index in [2.05, 4.69) is 130 Å². The molecule has 0 heterocycles. The molecule has 5 rings (SSSR count). The van der Waals surface area contributed by atoms with E-state index in [1.165, 1.54) is 49.4 Å². The molecular weight excluding hydrogens is 556 g/mol. The van der Waals surface area contributed by atoms with Crippen LogP contribution in [0.2, 0.25) is 0 Å². The fourth-order valence-electron chi connectivity index (χ4n) is 4.70. The van der Waals surface area contributed by atoms with E-state index in [1.807, 2.05) is 0 Å². The average molecular weight is 579 g/mol. The molecule has 33 heavy (non-hydrogen) atoms. The van der Waals surface area contributed by atoms with E-state index in [0.29, 0.717) is 0 Å². The first-order valence-corrected chi connectivity index (χ1v) is 13.2. The number of rotatable bonds is 5. The Morgan fingerprint density at radius 1 is 0.636 bits per heavy atom. The second kappa shape index (κ2) is 9.62. The van der Waals surface area contributed by atoms with E-state index in [1.54, 1.807) is 0 Å². The van der Waals surface area contributed by atoms with Gasteiger partial charge in [-0.25, -0.2) is 0 Å². The number of fused-ring (bicyclic) bond motifs is 2. The summed E-state index contributed by atoms with van der Waals surface area (Å²) >= 11 is 13.9. The minimum Gasteiger partial charge on any atom is -0.123 e. The molecule has 0 aliphatic rings. The van der Waals surface area contributed by atoms with Crippen molar-refractivity contribution in [2.45, 2.75) is 25.1 Å². The van der Waals surface area contributed by atoms with E-state index in [4.69, 9.17) is 11.6 Å². The van der Waals surface area contributed by atoms with Crippen molar-refractivity contribution in [3.05, 3.63) is 106 Å². The van der Waals surface area contributed by atoms with E-state index in [0.717, 1.165) is 21.8 Å². The average Bonchev–Trinajstić information content (AvgIpc) is 2.84. The van der Waals surface area contributed by atoms with Crippen molar-refractivity contribution in [3.8, 4) is 22.3 Å². The maximum atomic E-state index is 6.70. The minimum absolute atomic E-state index is 0.107. The molecule has 5 aromatic rings. The van der Waals surface area contributed by atoms with Crippen LogP contribution >= 0.6 is 43.5 Å². The van der Waals surface area contributed by atoms with Crippen LogP contribution in [0.3, 0.4) is 0 Å². The Bertz CT molecular complexity index is 1440. The lowest BCUT2D eigenvalue weighted by atomic mass is 9.83. The molecule has 3 heteroatoms. The number of alkyl halides is 1. The quantitative estimate of drug-likeness (QED) is 0.144. The lowest BCUT2D eigenvalue weighted by Gasteiger charge is -2.21. The third-order valence-corrected chi connectivity index (χ3v) is 7.81. The lowest BCUT2D eigenvalue weighted by molar-refractivity contribution is 0.809. The predicted octanol–water partition coefficient (Wildman–Crippen LogP) is 10.4. The van der Waals surface area contributed by atoms with Crippen molar-refractivity contribution in [2.24, 2.45) is 0 Å². The molecule has 1 unspecified atom stereocenters. The van der Waals surface area contributed by atoms with E-state index >= 15 is 0 Å². The summed E-state index contributed by atoms with van der Waals surface area (Å²) in [6.45, 7) is 2.15. The Balaban J connectivity index is 1.96. The molecule has 0 aliphatic carbocycles. The Hall–Kier alpha value is -2.13.